The molecule has 8 nitrogen and oxygen atoms in total. The van der Waals surface area contributed by atoms with Gasteiger partial charge in [0, 0.05) is 51.8 Å². The zero-order valence-electron chi connectivity index (χ0n) is 14.8. The molecule has 0 aromatic carbocycles. The van der Waals surface area contributed by atoms with Crippen molar-refractivity contribution in [3.05, 3.63) is 36.4 Å². The van der Waals surface area contributed by atoms with Gasteiger partial charge in [-0.05, 0) is 25.0 Å². The maximum Gasteiger partial charge on any atom is 0.317 e. The van der Waals surface area contributed by atoms with Crippen molar-refractivity contribution in [2.45, 2.75) is 25.8 Å². The van der Waals surface area contributed by atoms with E-state index in [9.17, 15) is 4.79 Å². The Hall–Kier alpha value is -2.64. The lowest BCUT2D eigenvalue weighted by Gasteiger charge is -2.25. The fourth-order valence-electron chi connectivity index (χ4n) is 3.13. The Morgan fingerprint density at radius 1 is 1.20 bits per heavy atom. The van der Waals surface area contributed by atoms with Gasteiger partial charge in [0.2, 0.25) is 5.95 Å². The Labute approximate surface area is 147 Å². The zero-order valence-corrected chi connectivity index (χ0v) is 14.8. The molecular weight excluding hydrogens is 318 g/mol. The van der Waals surface area contributed by atoms with Crippen molar-refractivity contribution >= 4 is 12.0 Å². The van der Waals surface area contributed by atoms with Crippen molar-refractivity contribution in [2.75, 3.05) is 31.1 Å². The maximum absolute atomic E-state index is 12.7. The van der Waals surface area contributed by atoms with Gasteiger partial charge in [-0.25, -0.2) is 14.8 Å². The van der Waals surface area contributed by atoms with E-state index >= 15 is 0 Å². The molecule has 0 spiro atoms. The predicted octanol–water partition coefficient (Wildman–Crippen LogP) is 1.58. The second kappa shape index (κ2) is 7.96. The summed E-state index contributed by atoms with van der Waals surface area (Å²) in [5.41, 5.74) is 1.02. The van der Waals surface area contributed by atoms with E-state index in [2.05, 4.69) is 32.2 Å². The van der Waals surface area contributed by atoms with Crippen LogP contribution in [0.4, 0.5) is 10.7 Å². The van der Waals surface area contributed by atoms with E-state index < -0.39 is 0 Å². The third-order valence-electron chi connectivity index (χ3n) is 4.54. The van der Waals surface area contributed by atoms with Crippen LogP contribution in [0.25, 0.3) is 0 Å². The smallest absolute Gasteiger partial charge is 0.317 e. The highest BCUT2D eigenvalue weighted by Crippen LogP contribution is 2.16. The Morgan fingerprint density at radius 2 is 2.00 bits per heavy atom. The van der Waals surface area contributed by atoms with E-state index in [1.165, 1.54) is 0 Å². The Kier molecular flexibility index (Phi) is 5.47. The quantitative estimate of drug-likeness (QED) is 0.912. The third kappa shape index (κ3) is 4.07. The minimum absolute atomic E-state index is 0.0242. The van der Waals surface area contributed by atoms with Crippen LogP contribution in [0, 0.1) is 0 Å². The fraction of sp³-hybridized carbons (Fsp3) is 0.529. The van der Waals surface area contributed by atoms with E-state index in [1.807, 2.05) is 28.8 Å². The second-order valence-electron chi connectivity index (χ2n) is 6.17. The average molecular weight is 343 g/mol. The van der Waals surface area contributed by atoms with E-state index in [0.29, 0.717) is 6.54 Å². The van der Waals surface area contributed by atoms with Crippen LogP contribution in [-0.4, -0.2) is 56.9 Å². The summed E-state index contributed by atoms with van der Waals surface area (Å²) in [5.74, 6) is 0.728. The van der Waals surface area contributed by atoms with Gasteiger partial charge in [0.1, 0.15) is 0 Å². The number of anilines is 1. The predicted molar refractivity (Wildman–Crippen MR) is 95.2 cm³/mol. The summed E-state index contributed by atoms with van der Waals surface area (Å²) >= 11 is 0. The number of urea groups is 1. The Balaban J connectivity index is 1.60. The molecule has 1 unspecified atom stereocenters. The number of rotatable bonds is 4. The van der Waals surface area contributed by atoms with Gasteiger partial charge in [-0.15, -0.1) is 0 Å². The van der Waals surface area contributed by atoms with Crippen LogP contribution in [0.5, 0.6) is 0 Å². The largest absolute Gasteiger partial charge is 0.339 e. The molecule has 2 amide bonds. The molecule has 134 valence electrons. The summed E-state index contributed by atoms with van der Waals surface area (Å²) < 4.78 is 1.81. The van der Waals surface area contributed by atoms with Crippen molar-refractivity contribution < 1.29 is 4.79 Å². The van der Waals surface area contributed by atoms with E-state index in [1.54, 1.807) is 18.6 Å². The molecule has 1 saturated heterocycles. The molecule has 1 fully saturated rings. The SMILES string of the molecule is CCC(NC(=O)N1CCCN(c2ncccn2)CC1)c1ccnn1C. The minimum atomic E-state index is -0.0307. The molecule has 1 aliphatic rings. The first kappa shape index (κ1) is 17.2. The van der Waals surface area contributed by atoms with Gasteiger partial charge < -0.3 is 15.1 Å². The molecule has 1 aliphatic heterocycles. The minimum Gasteiger partial charge on any atom is -0.339 e. The van der Waals surface area contributed by atoms with Crippen molar-refractivity contribution in [1.29, 1.82) is 0 Å². The summed E-state index contributed by atoms with van der Waals surface area (Å²) in [6.07, 6.45) is 6.97. The van der Waals surface area contributed by atoms with Gasteiger partial charge in [-0.2, -0.15) is 5.10 Å². The molecule has 2 aromatic heterocycles. The molecule has 2 aromatic rings. The summed E-state index contributed by atoms with van der Waals surface area (Å²) in [5, 5.41) is 7.33. The zero-order chi connectivity index (χ0) is 17.6. The number of hydrogen-bond donors (Lipinski definition) is 1. The van der Waals surface area contributed by atoms with Crippen LogP contribution < -0.4 is 10.2 Å². The molecule has 0 radical (unpaired) electrons. The molecule has 0 saturated carbocycles. The molecular formula is C17H25N7O. The van der Waals surface area contributed by atoms with Crippen molar-refractivity contribution in [1.82, 2.24) is 30.0 Å². The molecule has 8 heteroatoms. The summed E-state index contributed by atoms with van der Waals surface area (Å²) in [7, 11) is 1.90. The monoisotopic (exact) mass is 343 g/mol. The van der Waals surface area contributed by atoms with Crippen LogP contribution in [0.3, 0.4) is 0 Å². The van der Waals surface area contributed by atoms with E-state index in [4.69, 9.17) is 0 Å². The van der Waals surface area contributed by atoms with Crippen molar-refractivity contribution in [3.8, 4) is 0 Å². The maximum atomic E-state index is 12.7. The van der Waals surface area contributed by atoms with Crippen LogP contribution in [0.15, 0.2) is 30.7 Å². The lowest BCUT2D eigenvalue weighted by molar-refractivity contribution is 0.196. The molecule has 0 aliphatic carbocycles. The number of aromatic nitrogens is 4. The van der Waals surface area contributed by atoms with Gasteiger partial charge in [0.25, 0.3) is 0 Å². The highest BCUT2D eigenvalue weighted by Gasteiger charge is 2.23. The highest BCUT2D eigenvalue weighted by molar-refractivity contribution is 5.74. The molecule has 1 atom stereocenters. The highest BCUT2D eigenvalue weighted by atomic mass is 16.2. The normalized spacial score (nSPS) is 16.4. The number of nitrogens with one attached hydrogen (secondary N) is 1. The van der Waals surface area contributed by atoms with Crippen LogP contribution in [0.2, 0.25) is 0 Å². The van der Waals surface area contributed by atoms with Crippen LogP contribution >= 0.6 is 0 Å². The Bertz CT molecular complexity index is 687. The molecule has 3 heterocycles. The number of hydrogen-bond acceptors (Lipinski definition) is 5. The number of carbonyl (C=O) groups is 1. The molecule has 25 heavy (non-hydrogen) atoms. The van der Waals surface area contributed by atoms with Gasteiger partial charge in [0.05, 0.1) is 11.7 Å². The first-order chi connectivity index (χ1) is 12.2. The number of aryl methyl sites for hydroxylation is 1. The van der Waals surface area contributed by atoms with Gasteiger partial charge in [0.15, 0.2) is 0 Å². The first-order valence-electron chi connectivity index (χ1n) is 8.74. The number of amides is 2. The lowest BCUT2D eigenvalue weighted by atomic mass is 10.1. The third-order valence-corrected chi connectivity index (χ3v) is 4.54. The summed E-state index contributed by atoms with van der Waals surface area (Å²) in [6, 6.07) is 3.70. The average Bonchev–Trinajstić information content (AvgIpc) is 2.92. The molecule has 0 bridgehead atoms. The second-order valence-corrected chi connectivity index (χ2v) is 6.17. The molecule has 3 rings (SSSR count). The number of nitrogens with zero attached hydrogens (tertiary/aromatic N) is 6. The van der Waals surface area contributed by atoms with Crippen molar-refractivity contribution in [3.63, 3.8) is 0 Å². The molecule has 1 N–H and O–H groups in total. The van der Waals surface area contributed by atoms with Gasteiger partial charge >= 0.3 is 6.03 Å². The van der Waals surface area contributed by atoms with Crippen LogP contribution in [0.1, 0.15) is 31.5 Å². The van der Waals surface area contributed by atoms with E-state index in [-0.39, 0.29) is 12.1 Å². The first-order valence-corrected chi connectivity index (χ1v) is 8.74. The summed E-state index contributed by atoms with van der Waals surface area (Å²) in [6.45, 7) is 5.05. The van der Waals surface area contributed by atoms with Crippen molar-refractivity contribution in [2.24, 2.45) is 7.05 Å². The Morgan fingerprint density at radius 3 is 2.68 bits per heavy atom. The van der Waals surface area contributed by atoms with Gasteiger partial charge in [-0.1, -0.05) is 6.92 Å². The topological polar surface area (TPSA) is 79.2 Å². The van der Waals surface area contributed by atoms with Crippen LogP contribution in [-0.2, 0) is 7.05 Å². The fourth-order valence-corrected chi connectivity index (χ4v) is 3.13. The number of carbonyl (C=O) groups excluding carboxylic acids is 1. The summed E-state index contributed by atoms with van der Waals surface area (Å²) in [4.78, 5) is 25.3. The standard InChI is InChI=1S/C17H25N7O/c1-3-14(15-6-9-20-22(15)2)21-17(25)24-11-5-10-23(12-13-24)16-18-7-4-8-19-16/h4,6-9,14H,3,5,10-13H2,1-2H3,(H,21,25). The van der Waals surface area contributed by atoms with Gasteiger partial charge in [-0.3, -0.25) is 4.68 Å². The van der Waals surface area contributed by atoms with E-state index in [0.717, 1.165) is 44.1 Å². The lowest BCUT2D eigenvalue weighted by Crippen LogP contribution is -2.43.